The summed E-state index contributed by atoms with van der Waals surface area (Å²) in [6.45, 7) is 5.04. The van der Waals surface area contributed by atoms with E-state index in [4.69, 9.17) is 4.74 Å². The van der Waals surface area contributed by atoms with Crippen molar-refractivity contribution in [3.05, 3.63) is 0 Å². The monoisotopic (exact) mass is 281 g/mol. The highest BCUT2D eigenvalue weighted by Crippen LogP contribution is 2.30. The molecule has 3 unspecified atom stereocenters. The van der Waals surface area contributed by atoms with Crippen molar-refractivity contribution >= 4 is 11.9 Å². The van der Waals surface area contributed by atoms with E-state index in [1.54, 1.807) is 20.8 Å². The van der Waals surface area contributed by atoms with E-state index in [0.29, 0.717) is 17.7 Å². The molecule has 1 saturated heterocycles. The number of rotatable bonds is 3. The summed E-state index contributed by atoms with van der Waals surface area (Å²) in [4.78, 5) is 23.7. The largest absolute Gasteiger partial charge is 0.471 e. The van der Waals surface area contributed by atoms with Gasteiger partial charge >= 0.3 is 18.1 Å². The van der Waals surface area contributed by atoms with Gasteiger partial charge < -0.3 is 9.64 Å². The highest BCUT2D eigenvalue weighted by molar-refractivity contribution is 5.88. The molecule has 0 aromatic rings. The molecule has 1 aliphatic rings. The van der Waals surface area contributed by atoms with Crippen LogP contribution in [-0.2, 0) is 14.3 Å². The van der Waals surface area contributed by atoms with Crippen molar-refractivity contribution < 1.29 is 27.5 Å². The number of amides is 1. The molecule has 1 aliphatic heterocycles. The van der Waals surface area contributed by atoms with Gasteiger partial charge in [-0.1, -0.05) is 13.8 Å². The fourth-order valence-corrected chi connectivity index (χ4v) is 2.05. The number of hydrogen-bond donors (Lipinski definition) is 0. The zero-order chi connectivity index (χ0) is 14.8. The number of hydrogen-bond acceptors (Lipinski definition) is 3. The van der Waals surface area contributed by atoms with Gasteiger partial charge in [0, 0.05) is 6.54 Å². The predicted octanol–water partition coefficient (Wildman–Crippen LogP) is 2.13. The van der Waals surface area contributed by atoms with Crippen LogP contribution in [0.3, 0.4) is 0 Å². The van der Waals surface area contributed by atoms with Gasteiger partial charge in [0.15, 0.2) is 0 Å². The Kier molecular flexibility index (Phi) is 4.81. The van der Waals surface area contributed by atoms with Gasteiger partial charge in [0.1, 0.15) is 6.04 Å². The maximum absolute atomic E-state index is 12.5. The fraction of sp³-hybridized carbons (Fsp3) is 0.833. The van der Waals surface area contributed by atoms with Crippen molar-refractivity contribution in [2.24, 2.45) is 5.92 Å². The lowest BCUT2D eigenvalue weighted by Crippen LogP contribution is -2.49. The molecule has 0 aliphatic carbocycles. The zero-order valence-electron chi connectivity index (χ0n) is 11.2. The number of ether oxygens (including phenoxy) is 1. The molecule has 0 spiro atoms. The van der Waals surface area contributed by atoms with Crippen LogP contribution >= 0.6 is 0 Å². The molecule has 0 aromatic carbocycles. The number of esters is 1. The van der Waals surface area contributed by atoms with Crippen molar-refractivity contribution in [1.82, 2.24) is 4.90 Å². The van der Waals surface area contributed by atoms with E-state index in [9.17, 15) is 22.8 Å². The second-order valence-electron chi connectivity index (χ2n) is 4.86. The van der Waals surface area contributed by atoms with Gasteiger partial charge in [-0.15, -0.1) is 0 Å². The topological polar surface area (TPSA) is 46.6 Å². The summed E-state index contributed by atoms with van der Waals surface area (Å²) in [5, 5.41) is 0. The summed E-state index contributed by atoms with van der Waals surface area (Å²) in [6, 6.07) is -1.14. The van der Waals surface area contributed by atoms with Crippen LogP contribution in [0.5, 0.6) is 0 Å². The van der Waals surface area contributed by atoms with Crippen LogP contribution in [0, 0.1) is 5.92 Å². The average Bonchev–Trinajstić information content (AvgIpc) is 2.68. The van der Waals surface area contributed by atoms with Crippen molar-refractivity contribution in [1.29, 1.82) is 0 Å². The van der Waals surface area contributed by atoms with Gasteiger partial charge in [-0.3, -0.25) is 4.79 Å². The summed E-state index contributed by atoms with van der Waals surface area (Å²) < 4.78 is 42.4. The number of likely N-dealkylation sites (tertiary alicyclic amines) is 1. The molecule has 110 valence electrons. The summed E-state index contributed by atoms with van der Waals surface area (Å²) in [5.41, 5.74) is 0. The van der Waals surface area contributed by atoms with Gasteiger partial charge in [-0.25, -0.2) is 4.79 Å². The van der Waals surface area contributed by atoms with E-state index in [-0.39, 0.29) is 18.6 Å². The highest BCUT2D eigenvalue weighted by Gasteiger charge is 2.50. The predicted molar refractivity (Wildman–Crippen MR) is 61.2 cm³/mol. The molecular formula is C12H18F3NO3. The third-order valence-electron chi connectivity index (χ3n) is 3.34. The molecule has 1 heterocycles. The molecule has 0 saturated carbocycles. The Balaban J connectivity index is 2.83. The lowest BCUT2D eigenvalue weighted by molar-refractivity contribution is -0.189. The van der Waals surface area contributed by atoms with Gasteiger partial charge in [0.2, 0.25) is 0 Å². The highest BCUT2D eigenvalue weighted by atomic mass is 19.4. The Bertz CT molecular complexity index is 357. The third kappa shape index (κ3) is 3.61. The maximum atomic E-state index is 12.5. The Morgan fingerprint density at radius 1 is 1.42 bits per heavy atom. The van der Waals surface area contributed by atoms with Crippen LogP contribution in [0.2, 0.25) is 0 Å². The first-order valence-corrected chi connectivity index (χ1v) is 6.26. The van der Waals surface area contributed by atoms with Gasteiger partial charge in [0.25, 0.3) is 0 Å². The second-order valence-corrected chi connectivity index (χ2v) is 4.86. The molecule has 4 nitrogen and oxygen atoms in total. The number of nitrogens with zero attached hydrogens (tertiary/aromatic N) is 1. The molecule has 19 heavy (non-hydrogen) atoms. The number of carbonyl (C=O) groups excluding carboxylic acids is 2. The summed E-state index contributed by atoms with van der Waals surface area (Å²) in [6.07, 6.45) is -4.40. The summed E-state index contributed by atoms with van der Waals surface area (Å²) >= 11 is 0. The number of halogens is 3. The summed E-state index contributed by atoms with van der Waals surface area (Å²) in [5.74, 6) is -3.05. The van der Waals surface area contributed by atoms with Crippen LogP contribution < -0.4 is 0 Å². The molecule has 0 bridgehead atoms. The molecule has 1 rings (SSSR count). The minimum atomic E-state index is -4.96. The van der Waals surface area contributed by atoms with Crippen molar-refractivity contribution in [3.8, 4) is 0 Å². The lowest BCUT2D eigenvalue weighted by atomic mass is 10.0. The number of carbonyl (C=O) groups is 2. The van der Waals surface area contributed by atoms with Crippen molar-refractivity contribution in [2.45, 2.75) is 51.9 Å². The fourth-order valence-electron chi connectivity index (χ4n) is 2.05. The van der Waals surface area contributed by atoms with Crippen LogP contribution in [0.4, 0.5) is 13.2 Å². The summed E-state index contributed by atoms with van der Waals surface area (Å²) in [7, 11) is 0. The van der Waals surface area contributed by atoms with Gasteiger partial charge in [-0.05, 0) is 25.7 Å². The van der Waals surface area contributed by atoms with Crippen LogP contribution in [0.25, 0.3) is 0 Å². The van der Waals surface area contributed by atoms with E-state index in [2.05, 4.69) is 0 Å². The molecule has 0 aromatic heterocycles. The lowest BCUT2D eigenvalue weighted by Gasteiger charge is -2.27. The molecular weight excluding hydrogens is 263 g/mol. The molecule has 3 atom stereocenters. The van der Waals surface area contributed by atoms with Gasteiger partial charge in [0.05, 0.1) is 6.10 Å². The Morgan fingerprint density at radius 2 is 2.00 bits per heavy atom. The Morgan fingerprint density at radius 3 is 2.47 bits per heavy atom. The molecule has 1 fully saturated rings. The van der Waals surface area contributed by atoms with E-state index in [0.717, 1.165) is 0 Å². The molecule has 0 N–H and O–H groups in total. The average molecular weight is 281 g/mol. The van der Waals surface area contributed by atoms with E-state index in [1.807, 2.05) is 0 Å². The van der Waals surface area contributed by atoms with Crippen molar-refractivity contribution in [2.75, 3.05) is 6.54 Å². The van der Waals surface area contributed by atoms with Gasteiger partial charge in [-0.2, -0.15) is 13.2 Å². The maximum Gasteiger partial charge on any atom is 0.471 e. The molecule has 7 heteroatoms. The Labute approximate surface area is 109 Å². The van der Waals surface area contributed by atoms with E-state index in [1.165, 1.54) is 0 Å². The van der Waals surface area contributed by atoms with Crippen LogP contribution in [0.1, 0.15) is 33.6 Å². The van der Waals surface area contributed by atoms with Crippen LogP contribution in [-0.4, -0.2) is 41.6 Å². The zero-order valence-corrected chi connectivity index (χ0v) is 11.2. The Hall–Kier alpha value is -1.27. The normalized spacial score (nSPS) is 25.3. The smallest absolute Gasteiger partial charge is 0.461 e. The van der Waals surface area contributed by atoms with E-state index >= 15 is 0 Å². The standard InChI is InChI=1S/C12H18F3NO3/c1-4-8(3)19-10(17)9-7(2)5-6-16(9)11(18)12(13,14)15/h7-9H,4-6H2,1-3H3. The minimum absolute atomic E-state index is 0.0697. The first-order chi connectivity index (χ1) is 8.68. The molecule has 1 amide bonds. The van der Waals surface area contributed by atoms with Crippen molar-refractivity contribution in [3.63, 3.8) is 0 Å². The van der Waals surface area contributed by atoms with Crippen LogP contribution in [0.15, 0.2) is 0 Å². The first-order valence-electron chi connectivity index (χ1n) is 6.26. The van der Waals surface area contributed by atoms with E-state index < -0.39 is 24.1 Å². The second kappa shape index (κ2) is 5.79. The molecule has 0 radical (unpaired) electrons. The third-order valence-corrected chi connectivity index (χ3v) is 3.34. The minimum Gasteiger partial charge on any atom is -0.461 e. The quantitative estimate of drug-likeness (QED) is 0.744. The SMILES string of the molecule is CCC(C)OC(=O)C1C(C)CCN1C(=O)C(F)(F)F. The number of alkyl halides is 3. The first kappa shape index (κ1) is 15.8.